The minimum atomic E-state index is -4.72. The average molecular weight is 356 g/mol. The van der Waals surface area contributed by atoms with Crippen molar-refractivity contribution < 1.29 is 17.9 Å². The van der Waals surface area contributed by atoms with Crippen LogP contribution in [0.5, 0.6) is 5.75 Å². The highest BCUT2D eigenvalue weighted by molar-refractivity contribution is 7.98. The first-order valence-corrected chi connectivity index (χ1v) is 7.64. The molecule has 126 valence electrons. The fraction of sp³-hybridized carbons (Fsp3) is 0.231. The Morgan fingerprint density at radius 3 is 2.58 bits per heavy atom. The quantitative estimate of drug-likeness (QED) is 0.655. The van der Waals surface area contributed by atoms with E-state index in [0.29, 0.717) is 16.6 Å². The van der Waals surface area contributed by atoms with E-state index in [1.165, 1.54) is 40.7 Å². The van der Waals surface area contributed by atoms with Gasteiger partial charge in [-0.15, -0.1) is 18.3 Å². The first-order chi connectivity index (χ1) is 11.4. The molecular formula is C13H11F3N6OS. The molecule has 0 N–H and O–H groups in total. The summed E-state index contributed by atoms with van der Waals surface area (Å²) in [6.07, 6.45) is -1.20. The van der Waals surface area contributed by atoms with E-state index in [1.54, 1.807) is 6.20 Å². The summed E-state index contributed by atoms with van der Waals surface area (Å²) in [5.74, 6) is 1.10. The normalized spacial score (nSPS) is 11.7. The lowest BCUT2D eigenvalue weighted by Gasteiger charge is -2.09. The molecule has 24 heavy (non-hydrogen) atoms. The number of benzene rings is 1. The second-order valence-electron chi connectivity index (χ2n) is 4.66. The molecule has 0 atom stereocenters. The van der Waals surface area contributed by atoms with Crippen LogP contribution in [0.2, 0.25) is 0 Å². The third-order valence-corrected chi connectivity index (χ3v) is 3.92. The molecule has 2 heterocycles. The van der Waals surface area contributed by atoms with Crippen molar-refractivity contribution in [3.05, 3.63) is 42.5 Å². The smallest absolute Gasteiger partial charge is 0.406 e. The second kappa shape index (κ2) is 6.51. The zero-order valence-electron chi connectivity index (χ0n) is 12.3. The van der Waals surface area contributed by atoms with Crippen LogP contribution >= 0.6 is 11.8 Å². The molecule has 0 saturated carbocycles. The number of imidazole rings is 1. The molecule has 0 fully saturated rings. The molecule has 11 heteroatoms. The fourth-order valence-corrected chi connectivity index (χ4v) is 2.78. The number of hydrogen-bond acceptors (Lipinski definition) is 6. The van der Waals surface area contributed by atoms with Crippen LogP contribution in [-0.2, 0) is 12.8 Å². The maximum absolute atomic E-state index is 12.2. The van der Waals surface area contributed by atoms with Crippen LogP contribution in [-0.4, -0.2) is 36.1 Å². The van der Waals surface area contributed by atoms with Crippen LogP contribution in [0.1, 0.15) is 5.82 Å². The summed E-state index contributed by atoms with van der Waals surface area (Å²) in [5, 5.41) is 11.9. The molecule has 1 aromatic carbocycles. The van der Waals surface area contributed by atoms with Gasteiger partial charge in [-0.2, -0.15) is 4.68 Å². The average Bonchev–Trinajstić information content (AvgIpc) is 3.13. The summed E-state index contributed by atoms with van der Waals surface area (Å²) in [6, 6.07) is 5.31. The van der Waals surface area contributed by atoms with E-state index < -0.39 is 6.36 Å². The van der Waals surface area contributed by atoms with E-state index in [9.17, 15) is 13.2 Å². The van der Waals surface area contributed by atoms with E-state index in [-0.39, 0.29) is 5.75 Å². The summed E-state index contributed by atoms with van der Waals surface area (Å²) in [5.41, 5.74) is 0.525. The van der Waals surface area contributed by atoms with Crippen LogP contribution in [0, 0.1) is 0 Å². The second-order valence-corrected chi connectivity index (χ2v) is 5.60. The monoisotopic (exact) mass is 356 g/mol. The Kier molecular flexibility index (Phi) is 4.42. The summed E-state index contributed by atoms with van der Waals surface area (Å²) in [6.45, 7) is 0. The highest BCUT2D eigenvalue weighted by atomic mass is 32.2. The Balaban J connectivity index is 1.74. The van der Waals surface area contributed by atoms with Crippen molar-refractivity contribution in [3.8, 4) is 11.4 Å². The predicted molar refractivity (Wildman–Crippen MR) is 78.6 cm³/mol. The molecule has 0 aliphatic rings. The molecule has 0 amide bonds. The van der Waals surface area contributed by atoms with E-state index in [4.69, 9.17) is 0 Å². The number of aryl methyl sites for hydroxylation is 1. The molecule has 0 bridgehead atoms. The van der Waals surface area contributed by atoms with Crippen molar-refractivity contribution in [3.63, 3.8) is 0 Å². The van der Waals surface area contributed by atoms with Crippen molar-refractivity contribution in [2.45, 2.75) is 17.3 Å². The third kappa shape index (κ3) is 3.85. The molecule has 0 radical (unpaired) electrons. The summed E-state index contributed by atoms with van der Waals surface area (Å²) >= 11 is 1.37. The van der Waals surface area contributed by atoms with E-state index in [1.807, 2.05) is 17.8 Å². The van der Waals surface area contributed by atoms with Crippen molar-refractivity contribution in [1.82, 2.24) is 29.8 Å². The number of nitrogens with zero attached hydrogens (tertiary/aromatic N) is 6. The van der Waals surface area contributed by atoms with Crippen molar-refractivity contribution in [2.75, 3.05) is 0 Å². The Morgan fingerprint density at radius 2 is 1.96 bits per heavy atom. The molecule has 0 aliphatic carbocycles. The maximum atomic E-state index is 12.2. The topological polar surface area (TPSA) is 70.7 Å². The van der Waals surface area contributed by atoms with Crippen molar-refractivity contribution in [1.29, 1.82) is 0 Å². The molecule has 0 aliphatic heterocycles. The highest BCUT2D eigenvalue weighted by Gasteiger charge is 2.31. The van der Waals surface area contributed by atoms with Crippen LogP contribution < -0.4 is 4.74 Å². The van der Waals surface area contributed by atoms with E-state index in [2.05, 4.69) is 25.2 Å². The van der Waals surface area contributed by atoms with Gasteiger partial charge in [-0.1, -0.05) is 11.8 Å². The van der Waals surface area contributed by atoms with Crippen LogP contribution in [0.15, 0.2) is 41.8 Å². The van der Waals surface area contributed by atoms with Crippen LogP contribution in [0.3, 0.4) is 0 Å². The Morgan fingerprint density at radius 1 is 1.21 bits per heavy atom. The minimum absolute atomic E-state index is 0.304. The largest absolute Gasteiger partial charge is 0.573 e. The third-order valence-electron chi connectivity index (χ3n) is 3.01. The maximum Gasteiger partial charge on any atom is 0.573 e. The van der Waals surface area contributed by atoms with Gasteiger partial charge in [-0.25, -0.2) is 4.98 Å². The van der Waals surface area contributed by atoms with Gasteiger partial charge in [0.1, 0.15) is 11.6 Å². The molecule has 0 saturated heterocycles. The zero-order chi connectivity index (χ0) is 17.2. The van der Waals surface area contributed by atoms with E-state index in [0.717, 1.165) is 5.82 Å². The molecule has 0 unspecified atom stereocenters. The first kappa shape index (κ1) is 16.3. The Hall–Kier alpha value is -2.56. The number of rotatable bonds is 5. The van der Waals surface area contributed by atoms with Gasteiger partial charge in [0, 0.05) is 19.4 Å². The lowest BCUT2D eigenvalue weighted by molar-refractivity contribution is -0.274. The van der Waals surface area contributed by atoms with Gasteiger partial charge >= 0.3 is 6.36 Å². The number of thioether (sulfide) groups is 1. The van der Waals surface area contributed by atoms with Gasteiger partial charge in [-0.3, -0.25) is 0 Å². The van der Waals surface area contributed by atoms with Gasteiger partial charge in [0.05, 0.1) is 11.4 Å². The number of hydrogen-bond donors (Lipinski definition) is 0. The van der Waals surface area contributed by atoms with Crippen LogP contribution in [0.4, 0.5) is 13.2 Å². The van der Waals surface area contributed by atoms with Gasteiger partial charge < -0.3 is 9.30 Å². The highest BCUT2D eigenvalue weighted by Crippen LogP contribution is 2.25. The number of alkyl halides is 3. The molecule has 0 spiro atoms. The lowest BCUT2D eigenvalue weighted by Crippen LogP contribution is -2.17. The Bertz CT molecular complexity index is 814. The molecule has 3 aromatic rings. The number of ether oxygens (including phenoxy) is 1. The van der Waals surface area contributed by atoms with Gasteiger partial charge in [-0.05, 0) is 34.7 Å². The lowest BCUT2D eigenvalue weighted by atomic mass is 10.3. The fourth-order valence-electron chi connectivity index (χ4n) is 1.88. The van der Waals surface area contributed by atoms with Crippen LogP contribution in [0.25, 0.3) is 5.69 Å². The number of halogens is 3. The summed E-state index contributed by atoms with van der Waals surface area (Å²) < 4.78 is 43.7. The van der Waals surface area contributed by atoms with Crippen molar-refractivity contribution in [2.24, 2.45) is 7.05 Å². The first-order valence-electron chi connectivity index (χ1n) is 6.66. The SMILES string of the molecule is Cn1ccnc1CSc1nnnn1-c1ccc(OC(F)(F)F)cc1. The predicted octanol–water partition coefficient (Wildman–Crippen LogP) is 2.59. The summed E-state index contributed by atoms with van der Waals surface area (Å²) in [4.78, 5) is 4.20. The molecular weight excluding hydrogens is 345 g/mol. The van der Waals surface area contributed by atoms with Crippen molar-refractivity contribution >= 4 is 11.8 Å². The molecule has 7 nitrogen and oxygen atoms in total. The molecule has 2 aromatic heterocycles. The number of aromatic nitrogens is 6. The summed E-state index contributed by atoms with van der Waals surface area (Å²) in [7, 11) is 1.88. The standard InChI is InChI=1S/C13H11F3N6OS/c1-21-7-6-17-11(21)8-24-12-18-19-20-22(12)9-2-4-10(5-3-9)23-13(14,15)16/h2-7H,8H2,1H3. The number of tetrazole rings is 1. The van der Waals surface area contributed by atoms with E-state index >= 15 is 0 Å². The van der Waals surface area contributed by atoms with Gasteiger partial charge in [0.25, 0.3) is 0 Å². The van der Waals surface area contributed by atoms with Gasteiger partial charge in [0.2, 0.25) is 5.16 Å². The van der Waals surface area contributed by atoms with Gasteiger partial charge in [0.15, 0.2) is 0 Å². The Labute approximate surface area is 138 Å². The minimum Gasteiger partial charge on any atom is -0.406 e. The molecule has 3 rings (SSSR count). The zero-order valence-corrected chi connectivity index (χ0v) is 13.1.